The lowest BCUT2D eigenvalue weighted by Crippen LogP contribution is -2.35. The van der Waals surface area contributed by atoms with E-state index in [1.165, 1.54) is 4.88 Å². The molecule has 0 bridgehead atoms. The van der Waals surface area contributed by atoms with Gasteiger partial charge in [-0.3, -0.25) is 9.78 Å². The van der Waals surface area contributed by atoms with Crippen LogP contribution in [0.2, 0.25) is 0 Å². The average Bonchev–Trinajstić information content (AvgIpc) is 3.11. The van der Waals surface area contributed by atoms with Crippen molar-refractivity contribution in [2.24, 2.45) is 5.92 Å². The molecule has 1 aliphatic rings. The highest BCUT2D eigenvalue weighted by molar-refractivity contribution is 7.15. The van der Waals surface area contributed by atoms with E-state index in [2.05, 4.69) is 4.98 Å². The van der Waals surface area contributed by atoms with E-state index in [0.29, 0.717) is 0 Å². The van der Waals surface area contributed by atoms with E-state index in [4.69, 9.17) is 4.98 Å². The number of aryl methyl sites for hydroxylation is 1. The molecule has 4 rings (SSSR count). The summed E-state index contributed by atoms with van der Waals surface area (Å²) >= 11 is 1.70. The van der Waals surface area contributed by atoms with Crippen LogP contribution in [-0.4, -0.2) is 22.9 Å². The van der Waals surface area contributed by atoms with Gasteiger partial charge < -0.3 is 4.90 Å². The molecule has 1 atom stereocenters. The molecule has 1 aromatic carbocycles. The van der Waals surface area contributed by atoms with Crippen LogP contribution in [0.5, 0.6) is 0 Å². The summed E-state index contributed by atoms with van der Waals surface area (Å²) in [5.74, 6) is 0.216. The van der Waals surface area contributed by atoms with Crippen LogP contribution in [0.25, 0.3) is 10.6 Å². The molecular formula is C20H19N3OS. The Morgan fingerprint density at radius 3 is 2.80 bits per heavy atom. The van der Waals surface area contributed by atoms with Gasteiger partial charge in [0.05, 0.1) is 5.69 Å². The lowest BCUT2D eigenvalue weighted by molar-refractivity contribution is -0.122. The van der Waals surface area contributed by atoms with Gasteiger partial charge in [-0.15, -0.1) is 11.3 Å². The second-order valence-corrected chi connectivity index (χ2v) is 7.39. The zero-order chi connectivity index (χ0) is 17.2. The van der Waals surface area contributed by atoms with Gasteiger partial charge in [-0.25, -0.2) is 4.98 Å². The van der Waals surface area contributed by atoms with E-state index in [1.54, 1.807) is 22.4 Å². The normalized spacial score (nSPS) is 16.3. The molecule has 1 amide bonds. The molecule has 5 heteroatoms. The SMILES string of the molecule is CN(C(=O)C1CCc2nc(-c3cccnc3)sc2C1)c1ccccc1. The summed E-state index contributed by atoms with van der Waals surface area (Å²) in [6.45, 7) is 0. The van der Waals surface area contributed by atoms with Crippen molar-refractivity contribution in [3.8, 4) is 10.6 Å². The fraction of sp³-hybridized carbons (Fsp3) is 0.250. The topological polar surface area (TPSA) is 46.1 Å². The first-order chi connectivity index (χ1) is 12.2. The fourth-order valence-corrected chi connectivity index (χ4v) is 4.43. The molecule has 2 heterocycles. The third-order valence-electron chi connectivity index (χ3n) is 4.67. The number of pyridine rings is 1. The third kappa shape index (κ3) is 3.20. The zero-order valence-corrected chi connectivity index (χ0v) is 14.9. The molecule has 0 N–H and O–H groups in total. The Balaban J connectivity index is 1.53. The Labute approximate surface area is 151 Å². The fourth-order valence-electron chi connectivity index (χ4n) is 3.25. The molecule has 0 aliphatic heterocycles. The van der Waals surface area contributed by atoms with E-state index < -0.39 is 0 Å². The first kappa shape index (κ1) is 16.0. The first-order valence-corrected chi connectivity index (χ1v) is 9.25. The third-order valence-corrected chi connectivity index (χ3v) is 5.84. The van der Waals surface area contributed by atoms with Crippen molar-refractivity contribution in [3.63, 3.8) is 0 Å². The molecule has 0 radical (unpaired) electrons. The number of carbonyl (C=O) groups excluding carboxylic acids is 1. The zero-order valence-electron chi connectivity index (χ0n) is 14.1. The number of anilines is 1. The second-order valence-electron chi connectivity index (χ2n) is 6.30. The maximum Gasteiger partial charge on any atom is 0.230 e. The summed E-state index contributed by atoms with van der Waals surface area (Å²) in [4.78, 5) is 24.8. The summed E-state index contributed by atoms with van der Waals surface area (Å²) in [6, 6.07) is 13.8. The predicted octanol–water partition coefficient (Wildman–Crippen LogP) is 3.97. The van der Waals surface area contributed by atoms with Gasteiger partial charge in [0.25, 0.3) is 0 Å². The lowest BCUT2D eigenvalue weighted by Gasteiger charge is -2.26. The van der Waals surface area contributed by atoms with Gasteiger partial charge in [-0.1, -0.05) is 18.2 Å². The van der Waals surface area contributed by atoms with Crippen LogP contribution in [0, 0.1) is 5.92 Å². The number of rotatable bonds is 3. The summed E-state index contributed by atoms with van der Waals surface area (Å²) in [5.41, 5.74) is 3.14. The van der Waals surface area contributed by atoms with E-state index in [-0.39, 0.29) is 11.8 Å². The summed E-state index contributed by atoms with van der Waals surface area (Å²) in [6.07, 6.45) is 6.12. The summed E-state index contributed by atoms with van der Waals surface area (Å²) in [5, 5.41) is 1.00. The Bertz CT molecular complexity index is 876. The molecule has 1 aliphatic carbocycles. The van der Waals surface area contributed by atoms with Gasteiger partial charge in [-0.05, 0) is 43.5 Å². The van der Waals surface area contributed by atoms with Crippen molar-refractivity contribution in [2.75, 3.05) is 11.9 Å². The molecule has 1 unspecified atom stereocenters. The van der Waals surface area contributed by atoms with E-state index in [1.807, 2.05) is 55.7 Å². The van der Waals surface area contributed by atoms with Gasteiger partial charge >= 0.3 is 0 Å². The largest absolute Gasteiger partial charge is 0.315 e. The Morgan fingerprint density at radius 2 is 2.04 bits per heavy atom. The maximum absolute atomic E-state index is 12.9. The first-order valence-electron chi connectivity index (χ1n) is 8.44. The van der Waals surface area contributed by atoms with Gasteiger partial charge in [0, 0.05) is 41.5 Å². The number of hydrogen-bond acceptors (Lipinski definition) is 4. The summed E-state index contributed by atoms with van der Waals surface area (Å²) in [7, 11) is 1.86. The highest BCUT2D eigenvalue weighted by Gasteiger charge is 2.30. The van der Waals surface area contributed by atoms with Gasteiger partial charge in [0.15, 0.2) is 0 Å². The maximum atomic E-state index is 12.9. The van der Waals surface area contributed by atoms with E-state index in [9.17, 15) is 4.79 Å². The number of aromatic nitrogens is 2. The van der Waals surface area contributed by atoms with Crippen LogP contribution in [0.1, 0.15) is 17.0 Å². The van der Waals surface area contributed by atoms with E-state index >= 15 is 0 Å². The van der Waals surface area contributed by atoms with Gasteiger partial charge in [-0.2, -0.15) is 0 Å². The molecular weight excluding hydrogens is 330 g/mol. The lowest BCUT2D eigenvalue weighted by atomic mass is 9.90. The van der Waals surface area contributed by atoms with Crippen LogP contribution in [0.15, 0.2) is 54.9 Å². The highest BCUT2D eigenvalue weighted by Crippen LogP contribution is 2.35. The minimum Gasteiger partial charge on any atom is -0.315 e. The minimum atomic E-state index is 0.0277. The number of carbonyl (C=O) groups is 1. The quantitative estimate of drug-likeness (QED) is 0.719. The average molecular weight is 349 g/mol. The number of nitrogens with zero attached hydrogens (tertiary/aromatic N) is 3. The second kappa shape index (κ2) is 6.76. The molecule has 0 saturated heterocycles. The van der Waals surface area contributed by atoms with Gasteiger partial charge in [0.1, 0.15) is 5.01 Å². The van der Waals surface area contributed by atoms with Crippen molar-refractivity contribution < 1.29 is 4.79 Å². The van der Waals surface area contributed by atoms with E-state index in [0.717, 1.165) is 41.2 Å². The molecule has 126 valence electrons. The Morgan fingerprint density at radius 1 is 1.20 bits per heavy atom. The Kier molecular flexibility index (Phi) is 4.32. The van der Waals surface area contributed by atoms with Crippen molar-refractivity contribution in [2.45, 2.75) is 19.3 Å². The van der Waals surface area contributed by atoms with Crippen LogP contribution in [0.3, 0.4) is 0 Å². The number of amides is 1. The highest BCUT2D eigenvalue weighted by atomic mass is 32.1. The number of thiazole rings is 1. The number of fused-ring (bicyclic) bond motifs is 1. The van der Waals surface area contributed by atoms with Crippen LogP contribution < -0.4 is 4.90 Å². The molecule has 3 aromatic rings. The molecule has 4 nitrogen and oxygen atoms in total. The van der Waals surface area contributed by atoms with Crippen molar-refractivity contribution in [1.82, 2.24) is 9.97 Å². The standard InChI is InChI=1S/C20H19N3OS/c1-23(16-7-3-2-4-8-16)20(24)14-9-10-17-18(12-14)25-19(22-17)15-6-5-11-21-13-15/h2-8,11,13-14H,9-10,12H2,1H3. The number of benzene rings is 1. The van der Waals surface area contributed by atoms with Crippen molar-refractivity contribution >= 4 is 22.9 Å². The summed E-state index contributed by atoms with van der Waals surface area (Å²) < 4.78 is 0. The van der Waals surface area contributed by atoms with Crippen molar-refractivity contribution in [3.05, 3.63) is 65.4 Å². The smallest absolute Gasteiger partial charge is 0.230 e. The minimum absolute atomic E-state index is 0.0277. The molecule has 0 spiro atoms. The van der Waals surface area contributed by atoms with Crippen LogP contribution in [0.4, 0.5) is 5.69 Å². The monoisotopic (exact) mass is 349 g/mol. The molecule has 0 saturated carbocycles. The number of para-hydroxylation sites is 1. The predicted molar refractivity (Wildman–Crippen MR) is 101 cm³/mol. The van der Waals surface area contributed by atoms with Gasteiger partial charge in [0.2, 0.25) is 5.91 Å². The van der Waals surface area contributed by atoms with Crippen LogP contribution >= 0.6 is 11.3 Å². The van der Waals surface area contributed by atoms with Crippen molar-refractivity contribution in [1.29, 1.82) is 0 Å². The molecule has 25 heavy (non-hydrogen) atoms. The van der Waals surface area contributed by atoms with Crippen LogP contribution in [-0.2, 0) is 17.6 Å². The molecule has 2 aromatic heterocycles. The molecule has 0 fully saturated rings. The Hall–Kier alpha value is -2.53. The number of hydrogen-bond donors (Lipinski definition) is 0.